The van der Waals surface area contributed by atoms with Crippen molar-refractivity contribution in [3.8, 4) is 11.4 Å². The van der Waals surface area contributed by atoms with E-state index in [0.717, 1.165) is 17.0 Å². The monoisotopic (exact) mass is 366 g/mol. The highest BCUT2D eigenvalue weighted by Crippen LogP contribution is 2.24. The van der Waals surface area contributed by atoms with Crippen molar-refractivity contribution in [3.63, 3.8) is 0 Å². The van der Waals surface area contributed by atoms with Crippen LogP contribution in [-0.4, -0.2) is 16.2 Å². The molecule has 0 amide bonds. The molecular formula is C21H19ClN2O2. The van der Waals surface area contributed by atoms with Crippen molar-refractivity contribution in [2.45, 2.75) is 13.3 Å². The fourth-order valence-corrected chi connectivity index (χ4v) is 3.05. The summed E-state index contributed by atoms with van der Waals surface area (Å²) in [5.41, 5.74) is 2.14. The maximum atomic E-state index is 13.0. The Morgan fingerprint density at radius 3 is 2.73 bits per heavy atom. The quantitative estimate of drug-likeness (QED) is 0.597. The number of hydrogen-bond donors (Lipinski definition) is 0. The maximum Gasteiger partial charge on any atom is 0.266 e. The van der Waals surface area contributed by atoms with E-state index >= 15 is 0 Å². The molecule has 1 aromatic heterocycles. The normalized spacial score (nSPS) is 10.7. The smallest absolute Gasteiger partial charge is 0.266 e. The largest absolute Gasteiger partial charge is 0.489 e. The average molecular weight is 367 g/mol. The molecule has 0 radical (unpaired) electrons. The van der Waals surface area contributed by atoms with E-state index in [0.29, 0.717) is 34.8 Å². The molecule has 0 bridgehead atoms. The molecule has 0 spiro atoms. The molecule has 132 valence electrons. The summed E-state index contributed by atoms with van der Waals surface area (Å²) >= 11 is 6.05. The Kier molecular flexibility index (Phi) is 5.24. The number of ether oxygens (including phenoxy) is 1. The highest BCUT2D eigenvalue weighted by Gasteiger charge is 2.12. The molecule has 0 fully saturated rings. The van der Waals surface area contributed by atoms with Gasteiger partial charge in [-0.1, -0.05) is 30.3 Å². The topological polar surface area (TPSA) is 44.1 Å². The van der Waals surface area contributed by atoms with Crippen LogP contribution in [0.4, 0.5) is 0 Å². The summed E-state index contributed by atoms with van der Waals surface area (Å²) in [6, 6.07) is 10.8. The van der Waals surface area contributed by atoms with Crippen molar-refractivity contribution >= 4 is 22.5 Å². The lowest BCUT2D eigenvalue weighted by Gasteiger charge is -2.15. The Morgan fingerprint density at radius 2 is 2.00 bits per heavy atom. The average Bonchev–Trinajstić information content (AvgIpc) is 2.62. The minimum atomic E-state index is -0.153. The third-order valence-corrected chi connectivity index (χ3v) is 4.26. The van der Waals surface area contributed by atoms with Gasteiger partial charge in [-0.25, -0.2) is 4.98 Å². The summed E-state index contributed by atoms with van der Waals surface area (Å²) in [7, 11) is 0. The summed E-state index contributed by atoms with van der Waals surface area (Å²) in [5.74, 6) is 1.35. The number of fused-ring (bicyclic) bond motifs is 1. The molecular weight excluding hydrogens is 348 g/mol. The molecule has 5 heteroatoms. The molecule has 26 heavy (non-hydrogen) atoms. The molecule has 0 aliphatic heterocycles. The number of rotatable bonds is 6. The second-order valence-corrected chi connectivity index (χ2v) is 6.28. The third-order valence-electron chi connectivity index (χ3n) is 4.02. The second-order valence-electron chi connectivity index (χ2n) is 5.85. The van der Waals surface area contributed by atoms with E-state index < -0.39 is 0 Å². The van der Waals surface area contributed by atoms with Crippen LogP contribution in [0.1, 0.15) is 11.4 Å². The van der Waals surface area contributed by atoms with Crippen molar-refractivity contribution in [3.05, 3.63) is 88.5 Å². The number of aryl methyl sites for hydroxylation is 1. The molecule has 0 saturated heterocycles. The van der Waals surface area contributed by atoms with Crippen molar-refractivity contribution in [1.29, 1.82) is 0 Å². The maximum absolute atomic E-state index is 13.0. The van der Waals surface area contributed by atoms with E-state index in [4.69, 9.17) is 16.3 Å². The van der Waals surface area contributed by atoms with Gasteiger partial charge in [0.15, 0.2) is 0 Å². The number of halogens is 1. The number of aromatic nitrogens is 2. The predicted molar refractivity (Wildman–Crippen MR) is 107 cm³/mol. The van der Waals surface area contributed by atoms with Crippen LogP contribution in [0.25, 0.3) is 16.6 Å². The van der Waals surface area contributed by atoms with E-state index in [1.165, 1.54) is 0 Å². The highest BCUT2D eigenvalue weighted by molar-refractivity contribution is 6.31. The molecule has 2 aromatic carbocycles. The molecule has 1 heterocycles. The van der Waals surface area contributed by atoms with Crippen LogP contribution in [0, 0.1) is 6.92 Å². The first kappa shape index (κ1) is 18.0. The summed E-state index contributed by atoms with van der Waals surface area (Å²) in [5, 5.41) is 0.993. The van der Waals surface area contributed by atoms with Crippen LogP contribution < -0.4 is 10.3 Å². The first-order valence-electron chi connectivity index (χ1n) is 8.22. The highest BCUT2D eigenvalue weighted by atomic mass is 35.5. The minimum Gasteiger partial charge on any atom is -0.489 e. The molecule has 0 N–H and O–H groups in total. The Balaban J connectivity index is 2.19. The lowest BCUT2D eigenvalue weighted by atomic mass is 10.1. The summed E-state index contributed by atoms with van der Waals surface area (Å²) in [6.07, 6.45) is 4.12. The number of benzene rings is 2. The van der Waals surface area contributed by atoms with Crippen LogP contribution >= 0.6 is 11.6 Å². The molecule has 0 aliphatic rings. The van der Waals surface area contributed by atoms with E-state index in [1.807, 2.05) is 25.1 Å². The van der Waals surface area contributed by atoms with E-state index in [2.05, 4.69) is 18.1 Å². The standard InChI is InChI=1S/C21H19ClN2O2/c1-4-6-15-12-17(8-10-20(15)26-11-5-2)24-14(3)23-19-9-7-16(22)13-18(19)21(24)25/h4-5,7-10,12-13H,1-2,6,11H2,3H3. The van der Waals surface area contributed by atoms with Gasteiger partial charge in [0.1, 0.15) is 18.2 Å². The van der Waals surface area contributed by atoms with Gasteiger partial charge < -0.3 is 4.74 Å². The van der Waals surface area contributed by atoms with Crippen molar-refractivity contribution in [2.75, 3.05) is 6.61 Å². The molecule has 0 atom stereocenters. The van der Waals surface area contributed by atoms with Crippen molar-refractivity contribution < 1.29 is 4.74 Å². The Hall–Kier alpha value is -2.85. The molecule has 3 rings (SSSR count). The SMILES string of the molecule is C=CCOc1ccc(-n2c(C)nc3ccc(Cl)cc3c2=O)cc1CC=C. The van der Waals surface area contributed by atoms with Gasteiger partial charge in [-0.05, 0) is 55.3 Å². The second kappa shape index (κ2) is 7.58. The van der Waals surface area contributed by atoms with Gasteiger partial charge in [0, 0.05) is 5.02 Å². The van der Waals surface area contributed by atoms with Gasteiger partial charge in [0.25, 0.3) is 5.56 Å². The van der Waals surface area contributed by atoms with Crippen LogP contribution in [0.15, 0.2) is 66.5 Å². The van der Waals surface area contributed by atoms with Crippen LogP contribution in [0.3, 0.4) is 0 Å². The van der Waals surface area contributed by atoms with Gasteiger partial charge in [0.05, 0.1) is 16.6 Å². The summed E-state index contributed by atoms with van der Waals surface area (Å²) in [6.45, 7) is 9.69. The Bertz CT molecular complexity index is 1050. The van der Waals surface area contributed by atoms with Gasteiger partial charge in [0.2, 0.25) is 0 Å². The van der Waals surface area contributed by atoms with Gasteiger partial charge in [-0.2, -0.15) is 0 Å². The van der Waals surface area contributed by atoms with Crippen LogP contribution in [-0.2, 0) is 6.42 Å². The number of allylic oxidation sites excluding steroid dienone is 1. The van der Waals surface area contributed by atoms with Crippen molar-refractivity contribution in [1.82, 2.24) is 9.55 Å². The van der Waals surface area contributed by atoms with E-state index in [9.17, 15) is 4.79 Å². The first-order valence-corrected chi connectivity index (χ1v) is 8.59. The zero-order valence-electron chi connectivity index (χ0n) is 14.5. The zero-order chi connectivity index (χ0) is 18.7. The van der Waals surface area contributed by atoms with Gasteiger partial charge >= 0.3 is 0 Å². The molecule has 0 unspecified atom stereocenters. The number of nitrogens with zero attached hydrogens (tertiary/aromatic N) is 2. The first-order chi connectivity index (χ1) is 12.5. The summed E-state index contributed by atoms with van der Waals surface area (Å²) in [4.78, 5) is 17.6. The fourth-order valence-electron chi connectivity index (χ4n) is 2.88. The predicted octanol–water partition coefficient (Wildman–Crippen LogP) is 4.64. The van der Waals surface area contributed by atoms with Gasteiger partial charge in [-0.15, -0.1) is 6.58 Å². The minimum absolute atomic E-state index is 0.153. The Labute approximate surface area is 157 Å². The summed E-state index contributed by atoms with van der Waals surface area (Å²) < 4.78 is 7.28. The number of hydrogen-bond acceptors (Lipinski definition) is 3. The van der Waals surface area contributed by atoms with Crippen molar-refractivity contribution in [2.24, 2.45) is 0 Å². The van der Waals surface area contributed by atoms with E-state index in [-0.39, 0.29) is 5.56 Å². The van der Waals surface area contributed by atoms with Crippen LogP contribution in [0.2, 0.25) is 5.02 Å². The lowest BCUT2D eigenvalue weighted by molar-refractivity contribution is 0.360. The molecule has 4 nitrogen and oxygen atoms in total. The molecule has 0 saturated carbocycles. The zero-order valence-corrected chi connectivity index (χ0v) is 15.3. The Morgan fingerprint density at radius 1 is 1.19 bits per heavy atom. The lowest BCUT2D eigenvalue weighted by Crippen LogP contribution is -2.22. The van der Waals surface area contributed by atoms with E-state index in [1.54, 1.807) is 34.9 Å². The fraction of sp³-hybridized carbons (Fsp3) is 0.143. The molecule has 0 aliphatic carbocycles. The molecule has 3 aromatic rings. The third kappa shape index (κ3) is 3.41. The van der Waals surface area contributed by atoms with Gasteiger partial charge in [-0.3, -0.25) is 9.36 Å². The van der Waals surface area contributed by atoms with Crippen LogP contribution in [0.5, 0.6) is 5.75 Å².